The van der Waals surface area contributed by atoms with E-state index in [1.165, 1.54) is 0 Å². The number of imide groups is 1. The van der Waals surface area contributed by atoms with Gasteiger partial charge in [-0.1, -0.05) is 74.5 Å². The van der Waals surface area contributed by atoms with Crippen LogP contribution in [0.5, 0.6) is 0 Å². The Labute approximate surface area is 227 Å². The minimum absolute atomic E-state index is 0.252. The van der Waals surface area contributed by atoms with Gasteiger partial charge in [0.15, 0.2) is 6.61 Å². The molecule has 0 saturated carbocycles. The number of amides is 3. The van der Waals surface area contributed by atoms with Crippen molar-refractivity contribution in [3.8, 4) is 0 Å². The molecule has 2 bridgehead atoms. The minimum atomic E-state index is -1.12. The summed E-state index contributed by atoms with van der Waals surface area (Å²) in [5.74, 6) is -3.99. The van der Waals surface area contributed by atoms with E-state index in [1.807, 2.05) is 73.7 Å². The van der Waals surface area contributed by atoms with E-state index in [9.17, 15) is 19.2 Å². The second kappa shape index (κ2) is 9.49. The van der Waals surface area contributed by atoms with E-state index in [0.717, 1.165) is 32.7 Å². The number of benzene rings is 3. The predicted octanol–water partition coefficient (Wildman–Crippen LogP) is 4.39. The van der Waals surface area contributed by atoms with Gasteiger partial charge in [-0.2, -0.15) is 0 Å². The molecule has 0 aromatic heterocycles. The number of hydrogen-bond acceptors (Lipinski definition) is 5. The molecule has 7 nitrogen and oxygen atoms in total. The van der Waals surface area contributed by atoms with Crippen molar-refractivity contribution in [3.05, 3.63) is 101 Å². The summed E-state index contributed by atoms with van der Waals surface area (Å²) in [6.07, 6.45) is 0. The Morgan fingerprint density at radius 2 is 1.33 bits per heavy atom. The SMILES string of the molecule is Cc1cccc(NC(=O)COC(=O)[C@H](C(C)C)N2C(=O)[C@@H]3C4c5ccccc5C(c5ccccc54)[C@H]3C2=O)c1. The van der Waals surface area contributed by atoms with Crippen molar-refractivity contribution in [2.24, 2.45) is 17.8 Å². The van der Waals surface area contributed by atoms with E-state index in [2.05, 4.69) is 5.32 Å². The monoisotopic (exact) mass is 522 g/mol. The largest absolute Gasteiger partial charge is 0.454 e. The Bertz CT molecular complexity index is 1400. The lowest BCUT2D eigenvalue weighted by atomic mass is 9.55. The second-order valence-electron chi connectivity index (χ2n) is 11.0. The number of anilines is 1. The lowest BCUT2D eigenvalue weighted by Crippen LogP contribution is -2.49. The van der Waals surface area contributed by atoms with Crippen LogP contribution in [-0.4, -0.2) is 41.2 Å². The Hall–Kier alpha value is -4.26. The summed E-state index contributed by atoms with van der Waals surface area (Å²) < 4.78 is 5.39. The first-order valence-corrected chi connectivity index (χ1v) is 13.4. The zero-order chi connectivity index (χ0) is 27.4. The fraction of sp³-hybridized carbons (Fsp3) is 0.312. The quantitative estimate of drug-likeness (QED) is 0.383. The van der Waals surface area contributed by atoms with Gasteiger partial charge in [0.05, 0.1) is 11.8 Å². The number of nitrogens with zero attached hydrogens (tertiary/aromatic N) is 1. The lowest BCUT2D eigenvalue weighted by molar-refractivity contribution is -0.162. The third kappa shape index (κ3) is 3.95. The molecule has 1 fully saturated rings. The van der Waals surface area contributed by atoms with Crippen molar-refractivity contribution in [1.29, 1.82) is 0 Å². The van der Waals surface area contributed by atoms with Crippen LogP contribution in [0, 0.1) is 24.7 Å². The highest BCUT2D eigenvalue weighted by Gasteiger charge is 2.63. The Kier molecular flexibility index (Phi) is 6.09. The summed E-state index contributed by atoms with van der Waals surface area (Å²) in [5.41, 5.74) is 5.86. The number of rotatable bonds is 6. The van der Waals surface area contributed by atoms with E-state index in [1.54, 1.807) is 19.9 Å². The maximum atomic E-state index is 14.0. The van der Waals surface area contributed by atoms with Crippen molar-refractivity contribution in [2.45, 2.75) is 38.6 Å². The number of likely N-dealkylation sites (tertiary alicyclic amines) is 1. The van der Waals surface area contributed by atoms with Gasteiger partial charge in [0, 0.05) is 17.5 Å². The van der Waals surface area contributed by atoms with Crippen molar-refractivity contribution in [1.82, 2.24) is 4.90 Å². The predicted molar refractivity (Wildman–Crippen MR) is 145 cm³/mol. The third-order valence-electron chi connectivity index (χ3n) is 8.28. The van der Waals surface area contributed by atoms with E-state index in [4.69, 9.17) is 4.74 Å². The molecule has 3 aliphatic carbocycles. The molecule has 0 spiro atoms. The van der Waals surface area contributed by atoms with E-state index >= 15 is 0 Å². The number of esters is 1. The van der Waals surface area contributed by atoms with Gasteiger partial charge in [0.2, 0.25) is 11.8 Å². The number of hydrogen-bond donors (Lipinski definition) is 1. The van der Waals surface area contributed by atoms with Gasteiger partial charge in [-0.15, -0.1) is 0 Å². The molecular formula is C32H30N2O5. The van der Waals surface area contributed by atoms with Gasteiger partial charge in [-0.25, -0.2) is 4.79 Å². The van der Waals surface area contributed by atoms with Crippen LogP contribution in [-0.2, 0) is 23.9 Å². The summed E-state index contributed by atoms with van der Waals surface area (Å²) in [4.78, 5) is 55.0. The molecule has 7 rings (SSSR count). The third-order valence-corrected chi connectivity index (χ3v) is 8.28. The molecule has 3 aromatic rings. The molecule has 3 amide bonds. The van der Waals surface area contributed by atoms with Crippen LogP contribution < -0.4 is 5.32 Å². The van der Waals surface area contributed by atoms with E-state index in [-0.39, 0.29) is 23.7 Å². The topological polar surface area (TPSA) is 92.8 Å². The highest BCUT2D eigenvalue weighted by atomic mass is 16.5. The summed E-state index contributed by atoms with van der Waals surface area (Å²) in [6.45, 7) is 4.95. The van der Waals surface area contributed by atoms with Gasteiger partial charge in [0.1, 0.15) is 6.04 Å². The molecule has 1 heterocycles. The molecule has 7 heteroatoms. The standard InChI is InChI=1S/C32H30N2O5/c1-17(2)29(32(38)39-16-24(35)33-19-10-8-9-18(3)15-19)34-30(36)27-25-20-11-4-5-12-21(20)26(28(27)31(34)37)23-14-7-6-13-22(23)25/h4-15,17,25-29H,16H2,1-3H3,(H,33,35)/t25?,26?,27-,28-,29+/m1/s1. The molecular weight excluding hydrogens is 492 g/mol. The van der Waals surface area contributed by atoms with Crippen LogP contribution in [0.1, 0.15) is 53.5 Å². The summed E-state index contributed by atoms with van der Waals surface area (Å²) in [6, 6.07) is 22.2. The van der Waals surface area contributed by atoms with Crippen molar-refractivity contribution >= 4 is 29.4 Å². The highest BCUT2D eigenvalue weighted by molar-refractivity contribution is 6.10. The fourth-order valence-corrected chi connectivity index (χ4v) is 6.79. The fourth-order valence-electron chi connectivity index (χ4n) is 6.79. The van der Waals surface area contributed by atoms with Crippen LogP contribution in [0.4, 0.5) is 5.69 Å². The number of nitrogens with one attached hydrogen (secondary N) is 1. The average molecular weight is 523 g/mol. The molecule has 39 heavy (non-hydrogen) atoms. The van der Waals surface area contributed by atoms with E-state index in [0.29, 0.717) is 5.69 Å². The molecule has 3 aromatic carbocycles. The van der Waals surface area contributed by atoms with Crippen LogP contribution in [0.25, 0.3) is 0 Å². The molecule has 0 unspecified atom stereocenters. The lowest BCUT2D eigenvalue weighted by Gasteiger charge is -2.45. The van der Waals surface area contributed by atoms with Crippen LogP contribution in [0.2, 0.25) is 0 Å². The van der Waals surface area contributed by atoms with E-state index < -0.39 is 42.3 Å². The summed E-state index contributed by atoms with van der Waals surface area (Å²) >= 11 is 0. The zero-order valence-electron chi connectivity index (χ0n) is 22.1. The maximum absolute atomic E-state index is 14.0. The zero-order valence-corrected chi connectivity index (χ0v) is 22.1. The number of ether oxygens (including phenoxy) is 1. The normalized spacial score (nSPS) is 23.2. The van der Waals surface area contributed by atoms with Crippen molar-refractivity contribution in [2.75, 3.05) is 11.9 Å². The first-order chi connectivity index (χ1) is 18.8. The molecule has 1 saturated heterocycles. The van der Waals surface area contributed by atoms with Gasteiger partial charge in [0.25, 0.3) is 5.91 Å². The van der Waals surface area contributed by atoms with Gasteiger partial charge < -0.3 is 10.1 Å². The number of carbonyl (C=O) groups is 4. The Morgan fingerprint density at radius 3 is 1.79 bits per heavy atom. The van der Waals surface area contributed by atoms with Crippen molar-refractivity contribution < 1.29 is 23.9 Å². The molecule has 198 valence electrons. The number of carbonyl (C=O) groups excluding carboxylic acids is 4. The first kappa shape index (κ1) is 25.0. The summed E-state index contributed by atoms with van der Waals surface area (Å²) in [5, 5.41) is 2.71. The Balaban J connectivity index is 1.27. The number of aryl methyl sites for hydroxylation is 1. The second-order valence-corrected chi connectivity index (χ2v) is 11.0. The van der Waals surface area contributed by atoms with Crippen LogP contribution >= 0.6 is 0 Å². The van der Waals surface area contributed by atoms with Gasteiger partial charge >= 0.3 is 5.97 Å². The summed E-state index contributed by atoms with van der Waals surface area (Å²) in [7, 11) is 0. The Morgan fingerprint density at radius 1 is 0.821 bits per heavy atom. The molecule has 0 radical (unpaired) electrons. The maximum Gasteiger partial charge on any atom is 0.330 e. The highest BCUT2D eigenvalue weighted by Crippen LogP contribution is 2.61. The molecule has 4 aliphatic rings. The smallest absolute Gasteiger partial charge is 0.330 e. The van der Waals surface area contributed by atoms with Crippen LogP contribution in [0.3, 0.4) is 0 Å². The van der Waals surface area contributed by atoms with Crippen LogP contribution in [0.15, 0.2) is 72.8 Å². The minimum Gasteiger partial charge on any atom is -0.454 e. The molecule has 1 N–H and O–H groups in total. The average Bonchev–Trinajstić information content (AvgIpc) is 3.18. The van der Waals surface area contributed by atoms with Gasteiger partial charge in [-0.05, 0) is 52.8 Å². The molecule has 1 aliphatic heterocycles. The first-order valence-electron chi connectivity index (χ1n) is 13.4. The van der Waals surface area contributed by atoms with Crippen molar-refractivity contribution in [3.63, 3.8) is 0 Å². The molecule has 3 atom stereocenters. The van der Waals surface area contributed by atoms with Gasteiger partial charge in [-0.3, -0.25) is 19.3 Å².